The maximum Gasteiger partial charge on any atom is 0.199 e. The Bertz CT molecular complexity index is 2200. The maximum absolute atomic E-state index is 5.80. The van der Waals surface area contributed by atoms with Gasteiger partial charge in [0.2, 0.25) is 0 Å². The predicted octanol–water partition coefficient (Wildman–Crippen LogP) is 19.9. The molecule has 0 saturated carbocycles. The Morgan fingerprint density at radius 2 is 0.679 bits per heavy atom. The van der Waals surface area contributed by atoms with Gasteiger partial charge in [0, 0.05) is 20.6 Å². The van der Waals surface area contributed by atoms with Gasteiger partial charge in [0.15, 0.2) is 31.5 Å². The zero-order chi connectivity index (χ0) is 60.1. The Morgan fingerprint density at radius 3 is 0.938 bits per heavy atom. The normalized spacial score (nSPS) is 16.2. The number of ether oxygens (including phenoxy) is 10. The van der Waals surface area contributed by atoms with Crippen molar-refractivity contribution in [1.82, 2.24) is 0 Å². The number of methoxy groups -OCH3 is 2. The zero-order valence-electron chi connectivity index (χ0n) is 53.8. The van der Waals surface area contributed by atoms with Crippen LogP contribution in [0.4, 0.5) is 0 Å². The van der Waals surface area contributed by atoms with E-state index >= 15 is 0 Å². The van der Waals surface area contributed by atoms with E-state index in [1.165, 1.54) is 40.7 Å². The van der Waals surface area contributed by atoms with Crippen LogP contribution in [0, 0.1) is 0 Å². The van der Waals surface area contributed by atoms with Crippen LogP contribution >= 0.6 is 0 Å². The Labute approximate surface area is 493 Å². The summed E-state index contributed by atoms with van der Waals surface area (Å²) in [5, 5.41) is 0. The van der Waals surface area contributed by atoms with Crippen LogP contribution in [0.2, 0.25) is 0 Å². The largest absolute Gasteiger partial charge is 0.465 e. The molecule has 10 atom stereocenters. The second-order valence-corrected chi connectivity index (χ2v) is 21.6. The average molecular weight is 1120 g/mol. The van der Waals surface area contributed by atoms with Gasteiger partial charge in [-0.3, -0.25) is 0 Å². The van der Waals surface area contributed by atoms with Gasteiger partial charge < -0.3 is 47.4 Å². The number of benzene rings is 5. The van der Waals surface area contributed by atoms with Crippen molar-refractivity contribution in [2.75, 3.05) is 27.4 Å². The standard InChI is InChI=1S/C15H22O2.2C15H24O2.2C13H20O2/c1-3-12(2)13-7-9-14(10-8-13)17-15-6-4-5-11-16-15;1-6-12(4)14-7-9-15(10-8-14)17-13(5)16-11(2)3;1-5-11-16-13(4)17-15-9-7-14(8-10-15)12(3)6-2;2*1-5-10(2)12-6-8-13(9-7-12)15-11(3)14-4/h7-10,12,15H,3-6,11H2,1-2H3;7-13H,6H2,1-5H3;7-10,12-13H,5-6,11H2,1-4H3;2*6-11H,5H2,1-4H3. The van der Waals surface area contributed by atoms with Crippen molar-refractivity contribution < 1.29 is 47.4 Å². The van der Waals surface area contributed by atoms with E-state index in [-0.39, 0.29) is 37.6 Å². The van der Waals surface area contributed by atoms with Crippen molar-refractivity contribution in [3.05, 3.63) is 149 Å². The summed E-state index contributed by atoms with van der Waals surface area (Å²) < 4.78 is 54.8. The fourth-order valence-corrected chi connectivity index (χ4v) is 8.10. The molecule has 0 amide bonds. The van der Waals surface area contributed by atoms with Crippen molar-refractivity contribution in [2.24, 2.45) is 0 Å². The van der Waals surface area contributed by atoms with Crippen LogP contribution in [-0.2, 0) is 23.7 Å². The van der Waals surface area contributed by atoms with E-state index in [4.69, 9.17) is 47.4 Å². The first-order valence-corrected chi connectivity index (χ1v) is 30.6. The lowest BCUT2D eigenvalue weighted by Crippen LogP contribution is -2.24. The Hall–Kier alpha value is -5.10. The third-order valence-electron chi connectivity index (χ3n) is 14.6. The van der Waals surface area contributed by atoms with Gasteiger partial charge in [0.05, 0.1) is 19.3 Å². The van der Waals surface area contributed by atoms with Gasteiger partial charge in [-0.1, -0.05) is 137 Å². The quantitative estimate of drug-likeness (QED) is 0.0473. The molecule has 1 aliphatic rings. The summed E-state index contributed by atoms with van der Waals surface area (Å²) in [5.74, 6) is 7.43. The molecule has 0 radical (unpaired) electrons. The van der Waals surface area contributed by atoms with Crippen LogP contribution in [0.1, 0.15) is 233 Å². The molecule has 5 aromatic carbocycles. The van der Waals surface area contributed by atoms with E-state index in [9.17, 15) is 0 Å². The summed E-state index contributed by atoms with van der Waals surface area (Å²) >= 11 is 0. The van der Waals surface area contributed by atoms with Crippen LogP contribution in [0.3, 0.4) is 0 Å². The average Bonchev–Trinajstić information content (AvgIpc) is 3.49. The molecule has 10 heteroatoms. The van der Waals surface area contributed by atoms with Crippen LogP contribution in [-0.4, -0.2) is 65.0 Å². The lowest BCUT2D eigenvalue weighted by atomic mass is 9.99. The Kier molecular flexibility index (Phi) is 37.2. The highest BCUT2D eigenvalue weighted by molar-refractivity contribution is 5.32. The minimum atomic E-state index is -0.204. The van der Waals surface area contributed by atoms with Crippen LogP contribution < -0.4 is 23.7 Å². The monoisotopic (exact) mass is 1120 g/mol. The molecule has 1 aliphatic heterocycles. The summed E-state index contributed by atoms with van der Waals surface area (Å²) in [6.45, 7) is 37.5. The Balaban J connectivity index is 0.000000346. The van der Waals surface area contributed by atoms with Gasteiger partial charge in [0.25, 0.3) is 0 Å². The van der Waals surface area contributed by atoms with E-state index in [0.29, 0.717) is 29.6 Å². The molecule has 10 nitrogen and oxygen atoms in total. The molecule has 6 rings (SSSR count). The third kappa shape index (κ3) is 30.2. The van der Waals surface area contributed by atoms with Gasteiger partial charge in [-0.2, -0.15) is 0 Å². The minimum absolute atomic E-state index is 0.0433. The molecule has 454 valence electrons. The molecule has 0 spiro atoms. The van der Waals surface area contributed by atoms with Crippen molar-refractivity contribution in [3.8, 4) is 28.7 Å². The molecule has 1 saturated heterocycles. The van der Waals surface area contributed by atoms with Gasteiger partial charge >= 0.3 is 0 Å². The highest BCUT2D eigenvalue weighted by Crippen LogP contribution is 2.27. The highest BCUT2D eigenvalue weighted by Gasteiger charge is 2.16. The summed E-state index contributed by atoms with van der Waals surface area (Å²) in [6.07, 6.45) is 9.57. The molecule has 10 unspecified atom stereocenters. The fourth-order valence-electron chi connectivity index (χ4n) is 8.10. The lowest BCUT2D eigenvalue weighted by molar-refractivity contribution is -0.105. The number of hydrogen-bond acceptors (Lipinski definition) is 10. The van der Waals surface area contributed by atoms with Gasteiger partial charge in [-0.15, -0.1) is 0 Å². The molecule has 1 heterocycles. The molecular weight excluding hydrogens is 1010 g/mol. The summed E-state index contributed by atoms with van der Waals surface area (Å²) in [6, 6.07) is 41.5. The van der Waals surface area contributed by atoms with E-state index in [1.807, 2.05) is 90.1 Å². The highest BCUT2D eigenvalue weighted by atomic mass is 16.7. The van der Waals surface area contributed by atoms with Gasteiger partial charge in [-0.05, 0) is 211 Å². The second-order valence-electron chi connectivity index (χ2n) is 21.6. The predicted molar refractivity (Wildman–Crippen MR) is 337 cm³/mol. The van der Waals surface area contributed by atoms with E-state index in [0.717, 1.165) is 86.9 Å². The smallest absolute Gasteiger partial charge is 0.199 e. The van der Waals surface area contributed by atoms with Gasteiger partial charge in [-0.25, -0.2) is 0 Å². The third-order valence-corrected chi connectivity index (χ3v) is 14.6. The van der Waals surface area contributed by atoms with Crippen LogP contribution in [0.25, 0.3) is 0 Å². The second kappa shape index (κ2) is 41.8. The lowest BCUT2D eigenvalue weighted by Gasteiger charge is -2.23. The Morgan fingerprint density at radius 1 is 0.383 bits per heavy atom. The molecule has 0 bridgehead atoms. The molecule has 1 fully saturated rings. The SMILES string of the molecule is CCC(C)c1ccc(OC(C)OC(C)C)cc1.CCC(C)c1ccc(OC(C)OC)cc1.CCC(C)c1ccc(OC(C)OC)cc1.CCC(C)c1ccc(OC2CCCCO2)cc1.CCCOC(C)Oc1ccc(C(C)CC)cc1. The van der Waals surface area contributed by atoms with Crippen molar-refractivity contribution in [3.63, 3.8) is 0 Å². The first kappa shape index (κ1) is 72.0. The summed E-state index contributed by atoms with van der Waals surface area (Å²) in [5.41, 5.74) is 6.81. The topological polar surface area (TPSA) is 92.3 Å². The van der Waals surface area contributed by atoms with E-state index < -0.39 is 0 Å². The van der Waals surface area contributed by atoms with E-state index in [1.54, 1.807) is 14.2 Å². The zero-order valence-corrected chi connectivity index (χ0v) is 53.8. The summed E-state index contributed by atoms with van der Waals surface area (Å²) in [7, 11) is 3.27. The van der Waals surface area contributed by atoms with E-state index in [2.05, 4.69) is 149 Å². The van der Waals surface area contributed by atoms with Crippen molar-refractivity contribution in [1.29, 1.82) is 0 Å². The van der Waals surface area contributed by atoms with Gasteiger partial charge in [0.1, 0.15) is 28.7 Å². The number of hydrogen-bond donors (Lipinski definition) is 0. The first-order valence-electron chi connectivity index (χ1n) is 30.6. The molecule has 0 aliphatic carbocycles. The fraction of sp³-hybridized carbons (Fsp3) is 0.577. The molecule has 81 heavy (non-hydrogen) atoms. The van der Waals surface area contributed by atoms with Crippen LogP contribution in [0.5, 0.6) is 28.7 Å². The summed E-state index contributed by atoms with van der Waals surface area (Å²) in [4.78, 5) is 0. The van der Waals surface area contributed by atoms with Crippen LogP contribution in [0.15, 0.2) is 121 Å². The minimum Gasteiger partial charge on any atom is -0.465 e. The van der Waals surface area contributed by atoms with Crippen molar-refractivity contribution >= 4 is 0 Å². The molecule has 0 N–H and O–H groups in total. The number of rotatable bonds is 27. The molecule has 0 aromatic heterocycles. The molecular formula is C71H110O10. The maximum atomic E-state index is 5.80. The first-order chi connectivity index (χ1) is 38.8. The van der Waals surface area contributed by atoms with Crippen molar-refractivity contribution in [2.45, 2.75) is 243 Å². The molecule has 5 aromatic rings.